The summed E-state index contributed by atoms with van der Waals surface area (Å²) in [6, 6.07) is 0.699. The number of nitrogens with zero attached hydrogens (tertiary/aromatic N) is 2. The molecule has 6 atom stereocenters. The molecule has 0 saturated heterocycles. The van der Waals surface area contributed by atoms with Crippen LogP contribution in [0.2, 0.25) is 0 Å². The zero-order valence-corrected chi connectivity index (χ0v) is 22.4. The molecule has 11 heteroatoms. The Hall–Kier alpha value is -3.15. The number of benzene rings is 1. The molecule has 0 heterocycles. The molecular formula is C27H36N4O7. The molecular weight excluding hydrogens is 492 g/mol. The van der Waals surface area contributed by atoms with E-state index in [0.29, 0.717) is 24.2 Å². The van der Waals surface area contributed by atoms with Crippen molar-refractivity contribution in [3.63, 3.8) is 0 Å². The lowest BCUT2D eigenvalue weighted by Gasteiger charge is -2.52. The average Bonchev–Trinajstić information content (AvgIpc) is 2.82. The van der Waals surface area contributed by atoms with Gasteiger partial charge < -0.3 is 26.2 Å². The van der Waals surface area contributed by atoms with Gasteiger partial charge in [-0.15, -0.1) is 0 Å². The second-order valence-corrected chi connectivity index (χ2v) is 11.1. The maximum Gasteiger partial charge on any atom is 0.235 e. The molecule has 3 aliphatic carbocycles. The van der Waals surface area contributed by atoms with Gasteiger partial charge in [-0.25, -0.2) is 0 Å². The van der Waals surface area contributed by atoms with Crippen molar-refractivity contribution >= 4 is 34.7 Å². The van der Waals surface area contributed by atoms with Gasteiger partial charge in [0, 0.05) is 37.8 Å². The number of phenolic OH excluding ortho intramolecular Hbond substituents is 1. The van der Waals surface area contributed by atoms with Crippen molar-refractivity contribution in [3.8, 4) is 5.75 Å². The number of aliphatic hydroxyl groups is 1. The van der Waals surface area contributed by atoms with Crippen molar-refractivity contribution in [2.45, 2.75) is 44.4 Å². The monoisotopic (exact) mass is 528 g/mol. The number of fused-ring (bicyclic) bond motifs is 3. The van der Waals surface area contributed by atoms with E-state index in [1.807, 2.05) is 32.0 Å². The normalized spacial score (nSPS) is 30.7. The number of likely N-dealkylation sites (N-methyl/N-ethyl adjacent to an activating group) is 1. The number of carbonyl (C=O) groups is 5. The van der Waals surface area contributed by atoms with Crippen molar-refractivity contribution < 1.29 is 34.2 Å². The summed E-state index contributed by atoms with van der Waals surface area (Å²) in [6.07, 6.45) is 1.13. The first-order chi connectivity index (χ1) is 17.8. The lowest BCUT2D eigenvalue weighted by Crippen LogP contribution is -2.74. The first-order valence-corrected chi connectivity index (χ1v) is 12.9. The molecule has 0 radical (unpaired) electrons. The third kappa shape index (κ3) is 3.95. The number of hydrogen-bond donors (Lipinski definition) is 4. The topological polar surface area (TPSA) is 170 Å². The van der Waals surface area contributed by atoms with Gasteiger partial charge >= 0.3 is 0 Å². The second-order valence-electron chi connectivity index (χ2n) is 11.1. The molecule has 4 rings (SSSR count). The Labute approximate surface area is 221 Å². The zero-order chi connectivity index (χ0) is 28.3. The Morgan fingerprint density at radius 1 is 1.16 bits per heavy atom. The number of nitrogens with two attached hydrogens (primary N) is 1. The van der Waals surface area contributed by atoms with Crippen LogP contribution < -0.4 is 16.0 Å². The minimum atomic E-state index is -2.73. The number of rotatable bonds is 7. The number of primary amides is 1. The van der Waals surface area contributed by atoms with E-state index in [1.54, 1.807) is 14.1 Å². The van der Waals surface area contributed by atoms with Crippen molar-refractivity contribution in [1.82, 2.24) is 10.2 Å². The molecule has 1 amide bonds. The van der Waals surface area contributed by atoms with Crippen molar-refractivity contribution in [1.29, 1.82) is 0 Å². The van der Waals surface area contributed by atoms with Gasteiger partial charge in [-0.1, -0.05) is 6.92 Å². The van der Waals surface area contributed by atoms with Gasteiger partial charge in [-0.2, -0.15) is 0 Å². The van der Waals surface area contributed by atoms with Crippen LogP contribution >= 0.6 is 0 Å². The van der Waals surface area contributed by atoms with Crippen LogP contribution in [0.4, 0.5) is 5.69 Å². The smallest absolute Gasteiger partial charge is 0.235 e. The molecule has 5 N–H and O–H groups in total. The molecule has 0 bridgehead atoms. The van der Waals surface area contributed by atoms with Crippen LogP contribution in [-0.2, 0) is 32.1 Å². The largest absolute Gasteiger partial charge is 0.507 e. The Bertz CT molecular complexity index is 1230. The fourth-order valence-corrected chi connectivity index (χ4v) is 6.64. The van der Waals surface area contributed by atoms with E-state index >= 15 is 0 Å². The summed E-state index contributed by atoms with van der Waals surface area (Å²) >= 11 is 0. The van der Waals surface area contributed by atoms with Crippen LogP contribution in [0.3, 0.4) is 0 Å². The van der Waals surface area contributed by atoms with E-state index in [1.165, 1.54) is 4.90 Å². The van der Waals surface area contributed by atoms with E-state index in [9.17, 15) is 34.2 Å². The van der Waals surface area contributed by atoms with Crippen molar-refractivity contribution in [3.05, 3.63) is 22.8 Å². The number of carbonyl (C=O) groups excluding carboxylic acids is 5. The third-order valence-electron chi connectivity index (χ3n) is 8.34. The maximum atomic E-state index is 13.9. The van der Waals surface area contributed by atoms with Gasteiger partial charge in [0.25, 0.3) is 0 Å². The number of hydrogen-bond acceptors (Lipinski definition) is 10. The number of phenols is 1. The summed E-state index contributed by atoms with van der Waals surface area (Å²) in [5.41, 5.74) is 4.44. The Kier molecular flexibility index (Phi) is 7.24. The highest BCUT2D eigenvalue weighted by Crippen LogP contribution is 2.52. The van der Waals surface area contributed by atoms with Crippen LogP contribution in [0.5, 0.6) is 5.75 Å². The van der Waals surface area contributed by atoms with Gasteiger partial charge in [0.15, 0.2) is 34.7 Å². The minimum Gasteiger partial charge on any atom is -0.507 e. The fraction of sp³-hybridized carbons (Fsp3) is 0.593. The van der Waals surface area contributed by atoms with Gasteiger partial charge in [0.1, 0.15) is 5.75 Å². The van der Waals surface area contributed by atoms with Crippen molar-refractivity contribution in [2.75, 3.05) is 39.6 Å². The van der Waals surface area contributed by atoms with Crippen LogP contribution in [0.1, 0.15) is 41.3 Å². The summed E-state index contributed by atoms with van der Waals surface area (Å²) < 4.78 is 0. The molecule has 3 aliphatic rings. The third-order valence-corrected chi connectivity index (χ3v) is 8.34. The van der Waals surface area contributed by atoms with E-state index in [2.05, 4.69) is 5.32 Å². The highest BCUT2D eigenvalue weighted by Gasteiger charge is 2.69. The van der Waals surface area contributed by atoms with Gasteiger partial charge in [-0.3, -0.25) is 28.9 Å². The number of nitrogens with one attached hydrogen (secondary N) is 1. The fourth-order valence-electron chi connectivity index (χ4n) is 6.64. The molecule has 1 aromatic rings. The number of anilines is 1. The SMILES string of the molecule is CCCNCc1cc(N(C)C)c2c(c1O)C(=O)C1C(=O)[C@]3(O)C(=O)C(C(N)=O)C(=O)[C@@H](N(C)C)[C@@H]3C[C@@H]1C2. The van der Waals surface area contributed by atoms with Gasteiger partial charge in [-0.05, 0) is 57.5 Å². The summed E-state index contributed by atoms with van der Waals surface area (Å²) in [5, 5.41) is 26.1. The highest BCUT2D eigenvalue weighted by atomic mass is 16.3. The summed E-state index contributed by atoms with van der Waals surface area (Å²) in [6.45, 7) is 3.01. The standard InChI is InChI=1S/C27H36N4O7/c1-6-7-29-11-13-10-16(30(2)3)14-8-12-9-15-20(31(4)5)23(34)19(26(28)37)25(36)27(15,38)24(35)17(12)22(33)18(14)21(13)32/h10,12,15,17,19-20,29,32,38H,6-9,11H2,1-5H3,(H2,28,37)/t12-,15-,17?,19?,20-,27-/m0/s1. The molecule has 1 aromatic carbocycles. The summed E-state index contributed by atoms with van der Waals surface area (Å²) in [7, 11) is 6.76. The first kappa shape index (κ1) is 27.9. The zero-order valence-electron chi connectivity index (χ0n) is 22.4. The maximum absolute atomic E-state index is 13.9. The van der Waals surface area contributed by atoms with Crippen molar-refractivity contribution in [2.24, 2.45) is 29.4 Å². The number of aromatic hydroxyl groups is 1. The predicted molar refractivity (Wildman–Crippen MR) is 138 cm³/mol. The second kappa shape index (κ2) is 9.87. The quantitative estimate of drug-likeness (QED) is 0.265. The van der Waals surface area contributed by atoms with E-state index < -0.39 is 64.4 Å². The minimum absolute atomic E-state index is 0.0103. The summed E-state index contributed by atoms with van der Waals surface area (Å²) in [5.74, 6) is -10.4. The van der Waals surface area contributed by atoms with Crippen LogP contribution in [0.15, 0.2) is 6.07 Å². The summed E-state index contributed by atoms with van der Waals surface area (Å²) in [4.78, 5) is 69.8. The predicted octanol–water partition coefficient (Wildman–Crippen LogP) is -0.567. The van der Waals surface area contributed by atoms with E-state index in [0.717, 1.165) is 12.1 Å². The number of Topliss-reactive ketones (excluding diaryl/α,β-unsaturated/α-hetero) is 4. The van der Waals surface area contributed by atoms with Gasteiger partial charge in [0.2, 0.25) is 5.91 Å². The van der Waals surface area contributed by atoms with Crippen LogP contribution in [-0.4, -0.2) is 90.5 Å². The molecule has 2 fully saturated rings. The van der Waals surface area contributed by atoms with E-state index in [4.69, 9.17) is 5.73 Å². The molecule has 38 heavy (non-hydrogen) atoms. The van der Waals surface area contributed by atoms with Crippen LogP contribution in [0, 0.1) is 23.7 Å². The Balaban J connectivity index is 1.86. The molecule has 11 nitrogen and oxygen atoms in total. The molecule has 206 valence electrons. The van der Waals surface area contributed by atoms with Crippen LogP contribution in [0.25, 0.3) is 0 Å². The van der Waals surface area contributed by atoms with Gasteiger partial charge in [0.05, 0.1) is 17.5 Å². The average molecular weight is 529 g/mol. The molecule has 2 saturated carbocycles. The molecule has 2 unspecified atom stereocenters. The highest BCUT2D eigenvalue weighted by molar-refractivity contribution is 6.32. The lowest BCUT2D eigenvalue weighted by molar-refractivity contribution is -0.181. The van der Waals surface area contributed by atoms with E-state index in [-0.39, 0.29) is 24.2 Å². The molecule has 0 aliphatic heterocycles. The Morgan fingerprint density at radius 3 is 2.37 bits per heavy atom. The lowest BCUT2D eigenvalue weighted by atomic mass is 9.52. The number of amides is 1. The molecule has 0 aromatic heterocycles. The number of ketones is 4. The first-order valence-electron chi connectivity index (χ1n) is 12.9. The molecule has 0 spiro atoms. The Morgan fingerprint density at radius 2 is 1.82 bits per heavy atom.